The molecule has 1 aromatic carbocycles. The third-order valence-electron chi connectivity index (χ3n) is 3.05. The minimum atomic E-state index is 0.437. The predicted octanol–water partition coefficient (Wildman–Crippen LogP) is 2.53. The largest absolute Gasteiger partial charge is 0.490 e. The summed E-state index contributed by atoms with van der Waals surface area (Å²) in [6, 6.07) is 7.25. The molecule has 5 nitrogen and oxygen atoms in total. The van der Waals surface area contributed by atoms with E-state index < -0.39 is 0 Å². The molecule has 0 amide bonds. The summed E-state index contributed by atoms with van der Waals surface area (Å²) in [5.74, 6) is 2.20. The summed E-state index contributed by atoms with van der Waals surface area (Å²) >= 11 is 0. The van der Waals surface area contributed by atoms with E-state index in [9.17, 15) is 0 Å². The van der Waals surface area contributed by atoms with Crippen LogP contribution in [-0.4, -0.2) is 24.8 Å². The lowest BCUT2D eigenvalue weighted by Crippen LogP contribution is -2.11. The van der Waals surface area contributed by atoms with Gasteiger partial charge in [-0.1, -0.05) is 0 Å². The van der Waals surface area contributed by atoms with Gasteiger partial charge in [0.1, 0.15) is 31.3 Å². The summed E-state index contributed by atoms with van der Waals surface area (Å²) in [4.78, 5) is 3.93. The van der Waals surface area contributed by atoms with Crippen molar-refractivity contribution in [2.45, 2.75) is 0 Å². The molecule has 108 valence electrons. The number of nitrogen functional groups attached to an aromatic ring is 1. The van der Waals surface area contributed by atoms with E-state index >= 15 is 0 Å². The van der Waals surface area contributed by atoms with E-state index in [2.05, 4.69) is 4.98 Å². The quantitative estimate of drug-likeness (QED) is 0.675. The number of fused-ring (bicyclic) bond motifs is 1. The molecule has 1 aromatic heterocycles. The lowest BCUT2D eigenvalue weighted by Gasteiger charge is -2.18. The molecule has 5 heteroatoms. The van der Waals surface area contributed by atoms with Gasteiger partial charge in [-0.2, -0.15) is 0 Å². The van der Waals surface area contributed by atoms with Crippen LogP contribution in [0.25, 0.3) is 6.08 Å². The number of benzene rings is 1. The predicted molar refractivity (Wildman–Crippen MR) is 80.6 cm³/mol. The van der Waals surface area contributed by atoms with Crippen molar-refractivity contribution in [1.82, 2.24) is 4.98 Å². The smallest absolute Gasteiger partial charge is 0.153 e. The van der Waals surface area contributed by atoms with E-state index in [1.54, 1.807) is 18.5 Å². The summed E-state index contributed by atoms with van der Waals surface area (Å²) in [6.07, 6.45) is 7.28. The van der Waals surface area contributed by atoms with Crippen LogP contribution in [0, 0.1) is 0 Å². The zero-order valence-electron chi connectivity index (χ0n) is 11.5. The Labute approximate surface area is 123 Å². The lowest BCUT2D eigenvalue weighted by molar-refractivity contribution is 0.216. The van der Waals surface area contributed by atoms with Gasteiger partial charge in [0, 0.05) is 12.4 Å². The van der Waals surface area contributed by atoms with Gasteiger partial charge in [0.15, 0.2) is 5.75 Å². The highest BCUT2D eigenvalue weighted by Crippen LogP contribution is 2.37. The number of rotatable bonds is 5. The molecule has 0 atom stereocenters. The molecular weight excluding hydrogens is 268 g/mol. The summed E-state index contributed by atoms with van der Waals surface area (Å²) in [7, 11) is 0. The number of nitrogens with zero attached hydrogens (tertiary/aromatic N) is 1. The van der Waals surface area contributed by atoms with Crippen LogP contribution in [0.2, 0.25) is 0 Å². The van der Waals surface area contributed by atoms with Crippen molar-refractivity contribution >= 4 is 11.8 Å². The summed E-state index contributed by atoms with van der Waals surface area (Å²) in [5.41, 5.74) is 7.40. The molecule has 0 spiro atoms. The van der Waals surface area contributed by atoms with E-state index in [1.807, 2.05) is 30.4 Å². The molecule has 0 saturated heterocycles. The fourth-order valence-corrected chi connectivity index (χ4v) is 2.09. The maximum atomic E-state index is 5.90. The van der Waals surface area contributed by atoms with Crippen LogP contribution in [0.5, 0.6) is 17.2 Å². The van der Waals surface area contributed by atoms with Crippen LogP contribution >= 0.6 is 0 Å². The van der Waals surface area contributed by atoms with E-state index in [1.165, 1.54) is 0 Å². The topological polar surface area (TPSA) is 66.6 Å². The molecule has 1 aliphatic heterocycles. The fourth-order valence-electron chi connectivity index (χ4n) is 2.09. The van der Waals surface area contributed by atoms with Gasteiger partial charge >= 0.3 is 0 Å². The zero-order valence-corrected chi connectivity index (χ0v) is 11.5. The number of aromatic nitrogens is 1. The first kappa shape index (κ1) is 13.3. The number of hydrogen-bond donors (Lipinski definition) is 1. The summed E-state index contributed by atoms with van der Waals surface area (Å²) in [6.45, 7) is 1.42. The van der Waals surface area contributed by atoms with E-state index in [-0.39, 0.29) is 0 Å². The van der Waals surface area contributed by atoms with Crippen LogP contribution in [0.1, 0.15) is 5.56 Å². The third-order valence-corrected chi connectivity index (χ3v) is 3.05. The van der Waals surface area contributed by atoms with Gasteiger partial charge in [0.2, 0.25) is 0 Å². The highest BCUT2D eigenvalue weighted by Gasteiger charge is 2.14. The Kier molecular flexibility index (Phi) is 3.91. The second-order valence-corrected chi connectivity index (χ2v) is 4.49. The Balaban J connectivity index is 1.60. The zero-order chi connectivity index (χ0) is 14.5. The molecule has 0 radical (unpaired) electrons. The summed E-state index contributed by atoms with van der Waals surface area (Å²) < 4.78 is 16.9. The van der Waals surface area contributed by atoms with Gasteiger partial charge in [-0.15, -0.1) is 0 Å². The van der Waals surface area contributed by atoms with Crippen LogP contribution in [0.3, 0.4) is 0 Å². The number of hydrogen-bond acceptors (Lipinski definition) is 5. The Bertz CT molecular complexity index is 641. The molecule has 2 N–H and O–H groups in total. The Morgan fingerprint density at radius 3 is 2.76 bits per heavy atom. The van der Waals surface area contributed by atoms with Crippen molar-refractivity contribution in [3.63, 3.8) is 0 Å². The fraction of sp³-hybridized carbons (Fsp3) is 0.188. The van der Waals surface area contributed by atoms with E-state index in [4.69, 9.17) is 19.9 Å². The maximum absolute atomic E-state index is 5.90. The average molecular weight is 284 g/mol. The van der Waals surface area contributed by atoms with Gasteiger partial charge in [-0.25, -0.2) is 0 Å². The minimum absolute atomic E-state index is 0.437. The standard InChI is InChI=1S/C16H16N2O3/c17-14-3-4-15(13-2-1-9-21-16(13)14)20-11-10-19-12-5-7-18-8-6-12/h1-8H,9-11,17H2. The SMILES string of the molecule is Nc1ccc(OCCOc2ccncc2)c2c1OCC=C2. The van der Waals surface area contributed by atoms with E-state index in [0.717, 1.165) is 17.1 Å². The molecule has 3 rings (SSSR count). The molecule has 0 bridgehead atoms. The Hall–Kier alpha value is -2.69. The Morgan fingerprint density at radius 1 is 1.10 bits per heavy atom. The molecule has 1 aliphatic rings. The van der Waals surface area contributed by atoms with Crippen molar-refractivity contribution < 1.29 is 14.2 Å². The third kappa shape index (κ3) is 3.08. The van der Waals surface area contributed by atoms with Crippen LogP contribution in [0.15, 0.2) is 42.7 Å². The molecule has 0 fully saturated rings. The second kappa shape index (κ2) is 6.17. The van der Waals surface area contributed by atoms with Crippen LogP contribution in [-0.2, 0) is 0 Å². The highest BCUT2D eigenvalue weighted by molar-refractivity contribution is 5.73. The Morgan fingerprint density at radius 2 is 1.90 bits per heavy atom. The van der Waals surface area contributed by atoms with Crippen LogP contribution in [0.4, 0.5) is 5.69 Å². The van der Waals surface area contributed by atoms with Gasteiger partial charge in [-0.3, -0.25) is 4.98 Å². The van der Waals surface area contributed by atoms with Crippen molar-refractivity contribution in [2.24, 2.45) is 0 Å². The number of nitrogens with two attached hydrogens (primary N) is 1. The maximum Gasteiger partial charge on any atom is 0.153 e. The first-order chi connectivity index (χ1) is 10.3. The van der Waals surface area contributed by atoms with Crippen molar-refractivity contribution in [3.8, 4) is 17.2 Å². The molecule has 2 heterocycles. The average Bonchev–Trinajstić information content (AvgIpc) is 2.55. The molecule has 0 unspecified atom stereocenters. The second-order valence-electron chi connectivity index (χ2n) is 4.49. The highest BCUT2D eigenvalue weighted by atomic mass is 16.5. The minimum Gasteiger partial charge on any atom is -0.490 e. The first-order valence-electron chi connectivity index (χ1n) is 6.72. The first-order valence-corrected chi connectivity index (χ1v) is 6.72. The van der Waals surface area contributed by atoms with Crippen molar-refractivity contribution in [2.75, 3.05) is 25.6 Å². The molecule has 0 aliphatic carbocycles. The lowest BCUT2D eigenvalue weighted by atomic mass is 10.1. The number of anilines is 1. The van der Waals surface area contributed by atoms with Gasteiger partial charge in [0.25, 0.3) is 0 Å². The molecule has 0 saturated carbocycles. The number of ether oxygens (including phenoxy) is 3. The monoisotopic (exact) mass is 284 g/mol. The van der Waals surface area contributed by atoms with E-state index in [0.29, 0.717) is 31.3 Å². The molecule has 21 heavy (non-hydrogen) atoms. The van der Waals surface area contributed by atoms with Gasteiger partial charge in [0.05, 0.1) is 11.3 Å². The van der Waals surface area contributed by atoms with Gasteiger partial charge < -0.3 is 19.9 Å². The van der Waals surface area contributed by atoms with Crippen molar-refractivity contribution in [1.29, 1.82) is 0 Å². The summed E-state index contributed by atoms with van der Waals surface area (Å²) in [5, 5.41) is 0. The normalized spacial score (nSPS) is 12.4. The molecular formula is C16H16N2O3. The van der Waals surface area contributed by atoms with Gasteiger partial charge in [-0.05, 0) is 36.4 Å². The molecule has 2 aromatic rings. The van der Waals surface area contributed by atoms with Crippen molar-refractivity contribution in [3.05, 3.63) is 48.3 Å². The number of pyridine rings is 1. The van der Waals surface area contributed by atoms with Crippen LogP contribution < -0.4 is 19.9 Å².